The molecule has 0 aromatic heterocycles. The molecule has 5 aromatic rings. The molecule has 0 aliphatic rings. The number of ether oxygens (including phenoxy) is 1. The molecule has 0 unspecified atom stereocenters. The minimum absolute atomic E-state index is 0.000404. The second kappa shape index (κ2) is 11.9. The number of carbonyl (C=O) groups excluding carboxylic acids is 2. The molecule has 40 heavy (non-hydrogen) atoms. The van der Waals surface area contributed by atoms with E-state index in [4.69, 9.17) is 21.0 Å². The first-order chi connectivity index (χ1) is 19.3. The number of nitrogens with zero attached hydrogens (tertiary/aromatic N) is 3. The van der Waals surface area contributed by atoms with Crippen molar-refractivity contribution in [1.82, 2.24) is 0 Å². The highest BCUT2D eigenvalue weighted by molar-refractivity contribution is 6.05. The normalized spacial score (nSPS) is 9.95. The fourth-order valence-corrected chi connectivity index (χ4v) is 3.92. The van der Waals surface area contributed by atoms with Gasteiger partial charge in [0.15, 0.2) is 0 Å². The van der Waals surface area contributed by atoms with Crippen LogP contribution in [0.3, 0.4) is 0 Å². The Morgan fingerprint density at radius 3 is 1.85 bits per heavy atom. The van der Waals surface area contributed by atoms with Gasteiger partial charge in [0.25, 0.3) is 5.69 Å². The van der Waals surface area contributed by atoms with Gasteiger partial charge in [-0.15, -0.1) is 0 Å². The first kappa shape index (κ1) is 26.8. The second-order valence-electron chi connectivity index (χ2n) is 8.28. The van der Waals surface area contributed by atoms with Crippen molar-refractivity contribution in [2.45, 2.75) is 0 Å². The zero-order valence-corrected chi connectivity index (χ0v) is 20.7. The number of nitriles is 2. The van der Waals surface area contributed by atoms with Crippen molar-refractivity contribution in [2.24, 2.45) is 0 Å². The Bertz CT molecular complexity index is 1850. The summed E-state index contributed by atoms with van der Waals surface area (Å²) in [5.41, 5.74) is 7.81. The lowest BCUT2D eigenvalue weighted by Gasteiger charge is -2.09. The number of rotatable bonds is 3. The van der Waals surface area contributed by atoms with Gasteiger partial charge < -0.3 is 10.5 Å². The average molecular weight is 530 g/mol. The molecule has 1 amide bonds. The van der Waals surface area contributed by atoms with Gasteiger partial charge in [0.2, 0.25) is 0 Å². The summed E-state index contributed by atoms with van der Waals surface area (Å²) in [5.74, 6) is -0.944. The SMILES string of the molecule is N#Cc1ccc(N)c2ccccc12.N#Cc1ccc(NC(=O)OC(=O)c2ccc([N+](=O)[O-])cc2)c2ccccc12. The third-order valence-corrected chi connectivity index (χ3v) is 5.86. The first-order valence-electron chi connectivity index (χ1n) is 11.7. The summed E-state index contributed by atoms with van der Waals surface area (Å²) >= 11 is 0. The van der Waals surface area contributed by atoms with E-state index in [0.29, 0.717) is 27.6 Å². The molecule has 0 saturated carbocycles. The summed E-state index contributed by atoms with van der Waals surface area (Å²) in [6.45, 7) is 0. The van der Waals surface area contributed by atoms with Crippen molar-refractivity contribution < 1.29 is 19.2 Å². The smallest absolute Gasteiger partial charge is 0.398 e. The molecule has 0 bridgehead atoms. The number of nitro benzene ring substituents is 1. The van der Waals surface area contributed by atoms with Gasteiger partial charge in [-0.3, -0.25) is 15.4 Å². The highest BCUT2D eigenvalue weighted by Gasteiger charge is 2.16. The Labute approximate surface area is 227 Å². The van der Waals surface area contributed by atoms with E-state index in [0.717, 1.165) is 28.6 Å². The predicted octanol–water partition coefficient (Wildman–Crippen LogP) is 6.30. The summed E-state index contributed by atoms with van der Waals surface area (Å²) in [7, 11) is 0. The van der Waals surface area contributed by atoms with E-state index >= 15 is 0 Å². The quantitative estimate of drug-likeness (QED) is 0.0900. The molecule has 5 rings (SSSR count). The minimum atomic E-state index is -1.01. The van der Waals surface area contributed by atoms with Crippen LogP contribution in [0.1, 0.15) is 21.5 Å². The number of esters is 1. The monoisotopic (exact) mass is 529 g/mol. The molecular formula is C30H19N5O5. The number of benzene rings is 5. The molecule has 194 valence electrons. The highest BCUT2D eigenvalue weighted by atomic mass is 16.6. The van der Waals surface area contributed by atoms with Crippen molar-refractivity contribution >= 4 is 50.7 Å². The molecule has 0 fully saturated rings. The number of non-ortho nitro benzene ring substituents is 1. The number of fused-ring (bicyclic) bond motifs is 2. The maximum absolute atomic E-state index is 12.0. The predicted molar refractivity (Wildman–Crippen MR) is 149 cm³/mol. The lowest BCUT2D eigenvalue weighted by Crippen LogP contribution is -2.18. The molecule has 10 heteroatoms. The Balaban J connectivity index is 0.000000236. The number of anilines is 2. The number of carbonyl (C=O) groups is 2. The van der Waals surface area contributed by atoms with E-state index in [9.17, 15) is 19.7 Å². The van der Waals surface area contributed by atoms with E-state index in [-0.39, 0.29) is 11.3 Å². The zero-order chi connectivity index (χ0) is 28.6. The molecule has 10 nitrogen and oxygen atoms in total. The van der Waals surface area contributed by atoms with Crippen LogP contribution in [0.4, 0.5) is 21.9 Å². The summed E-state index contributed by atoms with van der Waals surface area (Å²) in [6.07, 6.45) is -1.01. The van der Waals surface area contributed by atoms with Crippen LogP contribution in [-0.4, -0.2) is 17.0 Å². The number of nitrogens with one attached hydrogen (secondary N) is 1. The van der Waals surface area contributed by atoms with Crippen LogP contribution in [-0.2, 0) is 4.74 Å². The number of amides is 1. The molecular weight excluding hydrogens is 510 g/mol. The van der Waals surface area contributed by atoms with E-state index < -0.39 is 17.0 Å². The third-order valence-electron chi connectivity index (χ3n) is 5.86. The zero-order valence-electron chi connectivity index (χ0n) is 20.7. The van der Waals surface area contributed by atoms with Gasteiger partial charge in [-0.05, 0) is 36.4 Å². The fraction of sp³-hybridized carbons (Fsp3) is 0. The van der Waals surface area contributed by atoms with Crippen molar-refractivity contribution in [1.29, 1.82) is 10.5 Å². The Hall–Kier alpha value is -6.26. The lowest BCUT2D eigenvalue weighted by atomic mass is 10.0. The molecule has 0 saturated heterocycles. The van der Waals surface area contributed by atoms with Gasteiger partial charge in [0.05, 0.1) is 39.4 Å². The van der Waals surface area contributed by atoms with E-state index in [1.54, 1.807) is 48.5 Å². The van der Waals surface area contributed by atoms with Crippen LogP contribution < -0.4 is 11.1 Å². The molecule has 0 aliphatic heterocycles. The van der Waals surface area contributed by atoms with Gasteiger partial charge in [-0.1, -0.05) is 48.5 Å². The van der Waals surface area contributed by atoms with Crippen LogP contribution in [0.15, 0.2) is 97.1 Å². The molecule has 0 atom stereocenters. The van der Waals surface area contributed by atoms with Crippen molar-refractivity contribution in [3.8, 4) is 12.1 Å². The highest BCUT2D eigenvalue weighted by Crippen LogP contribution is 2.27. The summed E-state index contributed by atoms with van der Waals surface area (Å²) < 4.78 is 4.72. The number of nitro groups is 1. The van der Waals surface area contributed by atoms with Crippen molar-refractivity contribution in [3.05, 3.63) is 124 Å². The summed E-state index contributed by atoms with van der Waals surface area (Å²) in [4.78, 5) is 34.1. The standard InChI is InChI=1S/C19H11N3O5.C11H8N2/c20-11-13-7-10-17(16-4-2-1-3-15(13)16)21-19(24)27-18(23)12-5-8-14(9-6-12)22(25)26;12-7-8-5-6-11(13)10-4-2-1-3-9(8)10/h1-10H,(H,21,24);1-6H,13H2. The average Bonchev–Trinajstić information content (AvgIpc) is 2.98. The first-order valence-corrected chi connectivity index (χ1v) is 11.7. The van der Waals surface area contributed by atoms with Crippen molar-refractivity contribution in [2.75, 3.05) is 11.1 Å². The molecule has 5 aromatic carbocycles. The van der Waals surface area contributed by atoms with Crippen molar-refractivity contribution in [3.63, 3.8) is 0 Å². The van der Waals surface area contributed by atoms with Gasteiger partial charge >= 0.3 is 12.1 Å². The molecule has 0 heterocycles. The number of hydrogen-bond donors (Lipinski definition) is 2. The van der Waals surface area contributed by atoms with Crippen LogP contribution >= 0.6 is 0 Å². The van der Waals surface area contributed by atoms with Crippen LogP contribution in [0.25, 0.3) is 21.5 Å². The van der Waals surface area contributed by atoms with Gasteiger partial charge in [-0.2, -0.15) is 10.5 Å². The molecule has 3 N–H and O–H groups in total. The maximum Gasteiger partial charge on any atom is 0.419 e. The van der Waals surface area contributed by atoms with E-state index in [2.05, 4.69) is 17.5 Å². The van der Waals surface area contributed by atoms with Crippen LogP contribution in [0, 0.1) is 32.8 Å². The van der Waals surface area contributed by atoms with E-state index in [1.165, 1.54) is 12.1 Å². The van der Waals surface area contributed by atoms with Gasteiger partial charge in [0.1, 0.15) is 0 Å². The van der Waals surface area contributed by atoms with Crippen LogP contribution in [0.2, 0.25) is 0 Å². The number of nitrogens with two attached hydrogens (primary N) is 1. The Kier molecular flexibility index (Phi) is 7.94. The fourth-order valence-electron chi connectivity index (χ4n) is 3.92. The minimum Gasteiger partial charge on any atom is -0.398 e. The van der Waals surface area contributed by atoms with Gasteiger partial charge in [0, 0.05) is 39.4 Å². The Morgan fingerprint density at radius 2 is 1.27 bits per heavy atom. The topological polar surface area (TPSA) is 172 Å². The number of nitrogen functional groups attached to an aromatic ring is 1. The largest absolute Gasteiger partial charge is 0.419 e. The van der Waals surface area contributed by atoms with Gasteiger partial charge in [-0.25, -0.2) is 9.59 Å². The summed E-state index contributed by atoms with van der Waals surface area (Å²) in [5, 5.41) is 34.2. The number of hydrogen-bond acceptors (Lipinski definition) is 8. The van der Waals surface area contributed by atoms with Crippen LogP contribution in [0.5, 0.6) is 0 Å². The summed E-state index contributed by atoms with van der Waals surface area (Å²) in [6, 6.07) is 30.1. The second-order valence-corrected chi connectivity index (χ2v) is 8.28. The lowest BCUT2D eigenvalue weighted by molar-refractivity contribution is -0.384. The van der Waals surface area contributed by atoms with E-state index in [1.807, 2.05) is 24.3 Å². The molecule has 0 spiro atoms. The Morgan fingerprint density at radius 1 is 0.750 bits per heavy atom. The molecule has 0 radical (unpaired) electrons. The third kappa shape index (κ3) is 5.83. The molecule has 0 aliphatic carbocycles. The maximum atomic E-state index is 12.0.